The second-order valence-corrected chi connectivity index (χ2v) is 10.3. The third kappa shape index (κ3) is 4.46. The van der Waals surface area contributed by atoms with Crippen molar-refractivity contribution in [3.8, 4) is 33.3 Å². The van der Waals surface area contributed by atoms with Crippen LogP contribution in [0.1, 0.15) is 4.88 Å². The summed E-state index contributed by atoms with van der Waals surface area (Å²) in [5.41, 5.74) is 6.69. The van der Waals surface area contributed by atoms with Crippen molar-refractivity contribution in [1.29, 1.82) is 0 Å². The molecule has 11 heteroatoms. The summed E-state index contributed by atoms with van der Waals surface area (Å²) in [4.78, 5) is 38.3. The monoisotopic (exact) mass is 509 g/mol. The summed E-state index contributed by atoms with van der Waals surface area (Å²) in [5, 5.41) is 10.4. The van der Waals surface area contributed by atoms with Crippen molar-refractivity contribution in [1.82, 2.24) is 40.0 Å². The van der Waals surface area contributed by atoms with Crippen LogP contribution in [0.4, 0.5) is 5.69 Å². The number of nitrogens with one attached hydrogen (secondary N) is 3. The number of anilines is 1. The first-order valence-corrected chi connectivity index (χ1v) is 12.4. The van der Waals surface area contributed by atoms with Crippen molar-refractivity contribution in [3.63, 3.8) is 0 Å². The zero-order valence-corrected chi connectivity index (χ0v) is 21.2. The van der Waals surface area contributed by atoms with Crippen LogP contribution in [0.2, 0.25) is 0 Å². The molecule has 0 aliphatic heterocycles. The van der Waals surface area contributed by atoms with Crippen LogP contribution in [0.25, 0.3) is 55.4 Å². The number of fused-ring (bicyclic) bond motifs is 2. The third-order valence-electron chi connectivity index (χ3n) is 5.78. The maximum atomic E-state index is 12.2. The summed E-state index contributed by atoms with van der Waals surface area (Å²) in [5.74, 6) is 0.497. The highest BCUT2D eigenvalue weighted by molar-refractivity contribution is 7.15. The van der Waals surface area contributed by atoms with Gasteiger partial charge in [-0.1, -0.05) is 0 Å². The number of pyridine rings is 3. The fourth-order valence-corrected chi connectivity index (χ4v) is 5.02. The number of imidazole rings is 1. The number of nitrogens with zero attached hydrogens (tertiary/aromatic N) is 6. The smallest absolute Gasteiger partial charge is 0.238 e. The minimum atomic E-state index is -0.110. The second kappa shape index (κ2) is 9.19. The molecule has 0 unspecified atom stereocenters. The average Bonchev–Trinajstić information content (AvgIpc) is 3.60. The lowest BCUT2D eigenvalue weighted by Crippen LogP contribution is -2.27. The number of rotatable bonds is 6. The molecule has 184 valence electrons. The van der Waals surface area contributed by atoms with Gasteiger partial charge in [0.15, 0.2) is 11.5 Å². The number of carbonyl (C=O) groups excluding carboxylic acids is 1. The Balaban J connectivity index is 1.38. The van der Waals surface area contributed by atoms with Crippen LogP contribution in [0, 0.1) is 6.92 Å². The summed E-state index contributed by atoms with van der Waals surface area (Å²) in [6.07, 6.45) is 5.12. The summed E-state index contributed by atoms with van der Waals surface area (Å²) in [6, 6.07) is 11.7. The largest absolute Gasteiger partial charge is 0.336 e. The van der Waals surface area contributed by atoms with Gasteiger partial charge in [0.05, 0.1) is 40.0 Å². The number of carbonyl (C=O) groups is 1. The highest BCUT2D eigenvalue weighted by Gasteiger charge is 2.18. The molecule has 0 radical (unpaired) electrons. The van der Waals surface area contributed by atoms with Crippen molar-refractivity contribution < 1.29 is 4.79 Å². The number of likely N-dealkylation sites (N-methyl/N-ethyl adjacent to an activating group) is 1. The molecule has 0 bridgehead atoms. The Hall–Kier alpha value is -4.48. The molecule has 1 amide bonds. The molecule has 0 atom stereocenters. The van der Waals surface area contributed by atoms with E-state index in [0.29, 0.717) is 28.4 Å². The van der Waals surface area contributed by atoms with Gasteiger partial charge in [0.2, 0.25) is 5.91 Å². The zero-order valence-electron chi connectivity index (χ0n) is 20.4. The van der Waals surface area contributed by atoms with Gasteiger partial charge in [-0.15, -0.1) is 11.3 Å². The lowest BCUT2D eigenvalue weighted by atomic mass is 10.1. The second-order valence-electron chi connectivity index (χ2n) is 8.96. The van der Waals surface area contributed by atoms with E-state index in [-0.39, 0.29) is 12.5 Å². The molecule has 3 N–H and O–H groups in total. The van der Waals surface area contributed by atoms with Crippen LogP contribution in [0.15, 0.2) is 55.0 Å². The van der Waals surface area contributed by atoms with Crippen molar-refractivity contribution >= 4 is 45.0 Å². The van der Waals surface area contributed by atoms with E-state index in [9.17, 15) is 4.79 Å². The van der Waals surface area contributed by atoms with Crippen LogP contribution in [0.3, 0.4) is 0 Å². The van der Waals surface area contributed by atoms with Gasteiger partial charge in [-0.05, 0) is 57.4 Å². The SMILES string of the molecule is Cc1ccc(-c2nccc3[nH]c(-c4n[nH]c5ccc(-c6cncc(NC(=O)CN(C)C)c6)nc45)nc23)s1. The van der Waals surface area contributed by atoms with Gasteiger partial charge in [-0.2, -0.15) is 5.10 Å². The maximum absolute atomic E-state index is 12.2. The Morgan fingerprint density at radius 2 is 1.89 bits per heavy atom. The fourth-order valence-electron chi connectivity index (χ4n) is 4.15. The Morgan fingerprint density at radius 1 is 1.03 bits per heavy atom. The van der Waals surface area contributed by atoms with Crippen molar-refractivity contribution in [3.05, 3.63) is 59.9 Å². The number of H-pyrrole nitrogens is 2. The van der Waals surface area contributed by atoms with E-state index >= 15 is 0 Å². The highest BCUT2D eigenvalue weighted by atomic mass is 32.1. The first-order chi connectivity index (χ1) is 17.9. The molecule has 0 aromatic carbocycles. The standard InChI is InChI=1S/C26H23N9OS/c1-14-4-7-20(37-14)24-22-18(8-9-28-24)31-26(32-22)25-23-19(33-34-25)6-5-17(30-23)15-10-16(12-27-11-15)29-21(36)13-35(2)3/h4-12H,13H2,1-3H3,(H,29,36)(H,31,32)(H,33,34). The van der Waals surface area contributed by atoms with Gasteiger partial charge in [-0.25, -0.2) is 9.97 Å². The van der Waals surface area contributed by atoms with Gasteiger partial charge in [0.25, 0.3) is 0 Å². The summed E-state index contributed by atoms with van der Waals surface area (Å²) >= 11 is 1.69. The molecule has 0 saturated carbocycles. The number of hydrogen-bond donors (Lipinski definition) is 3. The van der Waals surface area contributed by atoms with Gasteiger partial charge in [0.1, 0.15) is 16.7 Å². The fraction of sp³-hybridized carbons (Fsp3) is 0.154. The van der Waals surface area contributed by atoms with E-state index in [1.54, 1.807) is 34.8 Å². The molecule has 10 nitrogen and oxygen atoms in total. The molecule has 0 saturated heterocycles. The molecular weight excluding hydrogens is 486 g/mol. The van der Waals surface area contributed by atoms with Crippen molar-refractivity contribution in [2.45, 2.75) is 6.92 Å². The van der Waals surface area contributed by atoms with Gasteiger partial charge >= 0.3 is 0 Å². The van der Waals surface area contributed by atoms with E-state index in [0.717, 1.165) is 32.7 Å². The van der Waals surface area contributed by atoms with Gasteiger partial charge in [-0.3, -0.25) is 19.9 Å². The van der Waals surface area contributed by atoms with Crippen LogP contribution in [0.5, 0.6) is 0 Å². The van der Waals surface area contributed by atoms with Gasteiger partial charge < -0.3 is 15.2 Å². The predicted molar refractivity (Wildman–Crippen MR) is 145 cm³/mol. The Bertz CT molecular complexity index is 1760. The first kappa shape index (κ1) is 23.0. The number of thiophene rings is 1. The maximum Gasteiger partial charge on any atom is 0.238 e. The molecule has 6 rings (SSSR count). The highest BCUT2D eigenvalue weighted by Crippen LogP contribution is 2.33. The summed E-state index contributed by atoms with van der Waals surface area (Å²) in [6.45, 7) is 2.36. The lowest BCUT2D eigenvalue weighted by molar-refractivity contribution is -0.116. The number of aromatic amines is 2. The van der Waals surface area contributed by atoms with Crippen molar-refractivity contribution in [2.75, 3.05) is 26.0 Å². The molecule has 0 fully saturated rings. The number of amides is 1. The topological polar surface area (TPSA) is 128 Å². The molecule has 6 aromatic heterocycles. The predicted octanol–water partition coefficient (Wildman–Crippen LogP) is 4.50. The van der Waals surface area contributed by atoms with E-state index in [1.807, 2.05) is 38.4 Å². The molecule has 0 aliphatic carbocycles. The summed E-state index contributed by atoms with van der Waals surface area (Å²) < 4.78 is 0. The minimum Gasteiger partial charge on any atom is -0.336 e. The van der Waals surface area contributed by atoms with Crippen LogP contribution in [-0.2, 0) is 4.79 Å². The number of hydrogen-bond acceptors (Lipinski definition) is 8. The number of aryl methyl sites for hydroxylation is 1. The Morgan fingerprint density at radius 3 is 2.70 bits per heavy atom. The lowest BCUT2D eigenvalue weighted by Gasteiger charge is -2.10. The summed E-state index contributed by atoms with van der Waals surface area (Å²) in [7, 11) is 3.69. The Labute approximate surface area is 215 Å². The number of aromatic nitrogens is 7. The third-order valence-corrected chi connectivity index (χ3v) is 6.79. The van der Waals surface area contributed by atoms with E-state index in [2.05, 4.69) is 49.5 Å². The Kier molecular flexibility index (Phi) is 5.70. The van der Waals surface area contributed by atoms with Crippen LogP contribution in [-0.4, -0.2) is 66.6 Å². The molecule has 6 heterocycles. The molecule has 0 spiro atoms. The quantitative estimate of drug-likeness (QED) is 0.302. The zero-order chi connectivity index (χ0) is 25.5. The van der Waals surface area contributed by atoms with E-state index < -0.39 is 0 Å². The molecule has 37 heavy (non-hydrogen) atoms. The normalized spacial score (nSPS) is 11.6. The van der Waals surface area contributed by atoms with E-state index in [1.165, 1.54) is 4.88 Å². The van der Waals surface area contributed by atoms with Crippen LogP contribution < -0.4 is 5.32 Å². The molecule has 6 aromatic rings. The van der Waals surface area contributed by atoms with Crippen LogP contribution >= 0.6 is 11.3 Å². The molecule has 0 aliphatic rings. The van der Waals surface area contributed by atoms with E-state index in [4.69, 9.17) is 9.97 Å². The van der Waals surface area contributed by atoms with Gasteiger partial charge in [0, 0.05) is 22.8 Å². The average molecular weight is 510 g/mol. The van der Waals surface area contributed by atoms with Crippen molar-refractivity contribution in [2.24, 2.45) is 0 Å². The molecular formula is C26H23N9OS. The minimum absolute atomic E-state index is 0.110. The first-order valence-electron chi connectivity index (χ1n) is 11.6.